The van der Waals surface area contributed by atoms with Gasteiger partial charge in [-0.05, 0) is 51.5 Å². The first kappa shape index (κ1) is 19.4. The zero-order valence-corrected chi connectivity index (χ0v) is 15.4. The molecule has 0 saturated carbocycles. The van der Waals surface area contributed by atoms with Crippen molar-refractivity contribution < 1.29 is 19.4 Å². The minimum absolute atomic E-state index is 0.0783. The lowest BCUT2D eigenvalue weighted by Gasteiger charge is -2.12. The highest BCUT2D eigenvalue weighted by Gasteiger charge is 2.23. The molecule has 8 nitrogen and oxygen atoms in total. The lowest BCUT2D eigenvalue weighted by atomic mass is 10.1. The highest BCUT2D eigenvalue weighted by Crippen LogP contribution is 2.18. The number of aromatic nitrogens is 3. The van der Waals surface area contributed by atoms with Gasteiger partial charge in [-0.25, -0.2) is 9.48 Å². The molecule has 1 heterocycles. The maximum atomic E-state index is 12.4. The Morgan fingerprint density at radius 2 is 1.92 bits per heavy atom. The number of nitrogens with one attached hydrogen (secondary N) is 1. The number of hydrogen-bond donors (Lipinski definition) is 2. The van der Waals surface area contributed by atoms with Crippen molar-refractivity contribution in [2.24, 2.45) is 0 Å². The van der Waals surface area contributed by atoms with Crippen molar-refractivity contribution in [2.45, 2.75) is 52.7 Å². The van der Waals surface area contributed by atoms with E-state index >= 15 is 0 Å². The second-order valence-corrected chi connectivity index (χ2v) is 6.25. The average molecular weight is 360 g/mol. The number of carbonyl (C=O) groups is 2. The fraction of sp³-hybridized carbons (Fsp3) is 0.444. The van der Waals surface area contributed by atoms with Crippen LogP contribution >= 0.6 is 0 Å². The van der Waals surface area contributed by atoms with Gasteiger partial charge in [-0.3, -0.25) is 4.79 Å². The minimum atomic E-state index is -1.06. The predicted octanol–water partition coefficient (Wildman–Crippen LogP) is 2.35. The third-order valence-electron chi connectivity index (χ3n) is 3.74. The van der Waals surface area contributed by atoms with Crippen LogP contribution in [0.1, 0.15) is 49.8 Å². The molecule has 8 heteroatoms. The third-order valence-corrected chi connectivity index (χ3v) is 3.74. The van der Waals surface area contributed by atoms with Gasteiger partial charge in [0.1, 0.15) is 11.8 Å². The summed E-state index contributed by atoms with van der Waals surface area (Å²) in [7, 11) is 0. The van der Waals surface area contributed by atoms with E-state index in [4.69, 9.17) is 4.74 Å². The highest BCUT2D eigenvalue weighted by molar-refractivity contribution is 5.95. The van der Waals surface area contributed by atoms with Gasteiger partial charge in [0.15, 0.2) is 5.69 Å². The molecular formula is C18H24N4O4. The molecule has 1 atom stereocenters. The molecule has 2 aromatic rings. The van der Waals surface area contributed by atoms with Crippen LogP contribution < -0.4 is 10.1 Å². The van der Waals surface area contributed by atoms with Gasteiger partial charge in [-0.2, -0.15) is 0 Å². The van der Waals surface area contributed by atoms with Gasteiger partial charge < -0.3 is 15.2 Å². The fourth-order valence-electron chi connectivity index (χ4n) is 2.49. The Morgan fingerprint density at radius 1 is 1.27 bits per heavy atom. The smallest absolute Gasteiger partial charge is 0.326 e. The van der Waals surface area contributed by atoms with E-state index in [0.717, 1.165) is 11.4 Å². The largest absolute Gasteiger partial charge is 0.491 e. The lowest BCUT2D eigenvalue weighted by Crippen LogP contribution is -2.41. The number of hydrogen-bond acceptors (Lipinski definition) is 5. The van der Waals surface area contributed by atoms with Gasteiger partial charge >= 0.3 is 5.97 Å². The Balaban J connectivity index is 2.18. The Morgan fingerprint density at radius 3 is 2.46 bits per heavy atom. The van der Waals surface area contributed by atoms with Gasteiger partial charge in [0, 0.05) is 0 Å². The monoisotopic (exact) mass is 360 g/mol. The van der Waals surface area contributed by atoms with Gasteiger partial charge in [0.25, 0.3) is 5.91 Å². The van der Waals surface area contributed by atoms with Crippen molar-refractivity contribution in [1.29, 1.82) is 0 Å². The van der Waals surface area contributed by atoms with Crippen LogP contribution in [-0.4, -0.2) is 44.1 Å². The molecule has 0 saturated heterocycles. The van der Waals surface area contributed by atoms with E-state index in [1.165, 1.54) is 4.68 Å². The van der Waals surface area contributed by atoms with Crippen molar-refractivity contribution in [3.05, 3.63) is 35.7 Å². The van der Waals surface area contributed by atoms with Crippen LogP contribution in [-0.2, 0) is 4.79 Å². The molecule has 0 aliphatic rings. The summed E-state index contributed by atoms with van der Waals surface area (Å²) in [4.78, 5) is 23.6. The van der Waals surface area contributed by atoms with Crippen LogP contribution in [0.2, 0.25) is 0 Å². The van der Waals surface area contributed by atoms with Gasteiger partial charge in [-0.1, -0.05) is 18.6 Å². The molecule has 0 aliphatic heterocycles. The maximum Gasteiger partial charge on any atom is 0.326 e. The van der Waals surface area contributed by atoms with E-state index in [-0.39, 0.29) is 11.8 Å². The van der Waals surface area contributed by atoms with Gasteiger partial charge in [0.05, 0.1) is 17.5 Å². The first-order valence-electron chi connectivity index (χ1n) is 8.56. The molecule has 1 amide bonds. The summed E-state index contributed by atoms with van der Waals surface area (Å²) in [5.41, 5.74) is 1.36. The molecule has 2 N–H and O–H groups in total. The number of ether oxygens (including phenoxy) is 1. The van der Waals surface area contributed by atoms with E-state index in [2.05, 4.69) is 15.6 Å². The summed E-state index contributed by atoms with van der Waals surface area (Å²) in [5.74, 6) is -0.872. The maximum absolute atomic E-state index is 12.4. The Bertz CT molecular complexity index is 768. The molecule has 140 valence electrons. The van der Waals surface area contributed by atoms with Crippen LogP contribution in [0, 0.1) is 6.92 Å². The topological polar surface area (TPSA) is 106 Å². The quantitative estimate of drug-likeness (QED) is 0.748. The molecule has 1 unspecified atom stereocenters. The Labute approximate surface area is 152 Å². The van der Waals surface area contributed by atoms with Crippen LogP contribution in [0.5, 0.6) is 5.75 Å². The number of aliphatic carboxylic acids is 1. The van der Waals surface area contributed by atoms with E-state index < -0.39 is 17.9 Å². The number of amides is 1. The second-order valence-electron chi connectivity index (χ2n) is 6.25. The van der Waals surface area contributed by atoms with Crippen molar-refractivity contribution in [3.8, 4) is 11.4 Å². The van der Waals surface area contributed by atoms with Crippen LogP contribution in [0.4, 0.5) is 0 Å². The number of benzene rings is 1. The number of rotatable bonds is 8. The molecule has 0 bridgehead atoms. The predicted molar refractivity (Wildman–Crippen MR) is 95.7 cm³/mol. The summed E-state index contributed by atoms with van der Waals surface area (Å²) in [6.07, 6.45) is 1.08. The van der Waals surface area contributed by atoms with E-state index in [9.17, 15) is 14.7 Å². The SMILES string of the molecule is CCCC(NC(=O)c1nnn(-c2ccc(OC(C)C)cc2)c1C)C(=O)O. The van der Waals surface area contributed by atoms with Crippen molar-refractivity contribution in [3.63, 3.8) is 0 Å². The first-order chi connectivity index (χ1) is 12.3. The second kappa shape index (κ2) is 8.46. The van der Waals surface area contributed by atoms with Gasteiger partial charge in [0.2, 0.25) is 0 Å². The molecule has 0 radical (unpaired) electrons. The van der Waals surface area contributed by atoms with Gasteiger partial charge in [-0.15, -0.1) is 5.10 Å². The molecule has 0 spiro atoms. The summed E-state index contributed by atoms with van der Waals surface area (Å²) >= 11 is 0. The van der Waals surface area contributed by atoms with Crippen molar-refractivity contribution in [2.75, 3.05) is 0 Å². The molecule has 0 aliphatic carbocycles. The number of carboxylic acid groups (broad SMARTS) is 1. The molecule has 0 fully saturated rings. The normalized spacial score (nSPS) is 12.0. The lowest BCUT2D eigenvalue weighted by molar-refractivity contribution is -0.139. The average Bonchev–Trinajstić information content (AvgIpc) is 2.96. The molecular weight excluding hydrogens is 336 g/mol. The molecule has 1 aromatic heterocycles. The standard InChI is InChI=1S/C18H24N4O4/c1-5-6-15(18(24)25)19-17(23)16-12(4)22(21-20-16)13-7-9-14(10-8-13)26-11(2)3/h7-11,15H,5-6H2,1-4H3,(H,19,23)(H,24,25). The Kier molecular flexibility index (Phi) is 6.32. The fourth-order valence-corrected chi connectivity index (χ4v) is 2.49. The molecule has 26 heavy (non-hydrogen) atoms. The van der Waals surface area contributed by atoms with Crippen molar-refractivity contribution >= 4 is 11.9 Å². The summed E-state index contributed by atoms with van der Waals surface area (Å²) in [5, 5.41) is 19.6. The van der Waals surface area contributed by atoms with E-state index in [1.807, 2.05) is 45.0 Å². The van der Waals surface area contributed by atoms with E-state index in [1.54, 1.807) is 6.92 Å². The van der Waals surface area contributed by atoms with Crippen LogP contribution in [0.15, 0.2) is 24.3 Å². The summed E-state index contributed by atoms with van der Waals surface area (Å²) < 4.78 is 7.13. The molecule has 2 rings (SSSR count). The summed E-state index contributed by atoms with van der Waals surface area (Å²) in [6, 6.07) is 6.33. The zero-order chi connectivity index (χ0) is 19.3. The number of carboxylic acids is 1. The van der Waals surface area contributed by atoms with Crippen molar-refractivity contribution in [1.82, 2.24) is 20.3 Å². The first-order valence-corrected chi connectivity index (χ1v) is 8.56. The van der Waals surface area contributed by atoms with E-state index in [0.29, 0.717) is 18.5 Å². The highest BCUT2D eigenvalue weighted by atomic mass is 16.5. The minimum Gasteiger partial charge on any atom is -0.491 e. The number of carbonyl (C=O) groups excluding carboxylic acids is 1. The number of nitrogens with zero attached hydrogens (tertiary/aromatic N) is 3. The molecule has 1 aromatic carbocycles. The van der Waals surface area contributed by atoms with Crippen LogP contribution in [0.3, 0.4) is 0 Å². The zero-order valence-electron chi connectivity index (χ0n) is 15.4. The summed E-state index contributed by atoms with van der Waals surface area (Å²) in [6.45, 7) is 7.46. The van der Waals surface area contributed by atoms with Crippen LogP contribution in [0.25, 0.3) is 5.69 Å². The third kappa shape index (κ3) is 4.59. The Hall–Kier alpha value is -2.90.